The lowest BCUT2D eigenvalue weighted by molar-refractivity contribution is -0.385. The summed E-state index contributed by atoms with van der Waals surface area (Å²) in [6, 6.07) is 8.34. The first-order valence-electron chi connectivity index (χ1n) is 7.91. The molecule has 0 bridgehead atoms. The lowest BCUT2D eigenvalue weighted by atomic mass is 10.2. The maximum atomic E-state index is 12.1. The van der Waals surface area contributed by atoms with Crippen LogP contribution in [-0.4, -0.2) is 44.7 Å². The molecule has 2 aromatic carbocycles. The van der Waals surface area contributed by atoms with E-state index >= 15 is 0 Å². The molecule has 0 saturated carbocycles. The van der Waals surface area contributed by atoms with Gasteiger partial charge in [0.2, 0.25) is 0 Å². The van der Waals surface area contributed by atoms with Gasteiger partial charge in [0.15, 0.2) is 23.9 Å². The maximum Gasteiger partial charge on any atom is 0.338 e. The normalized spacial score (nSPS) is 9.96. The van der Waals surface area contributed by atoms with Crippen LogP contribution in [0.25, 0.3) is 0 Å². The van der Waals surface area contributed by atoms with Gasteiger partial charge in [-0.15, -0.1) is 0 Å². The van der Waals surface area contributed by atoms with Crippen molar-refractivity contribution < 1.29 is 33.5 Å². The van der Waals surface area contributed by atoms with Crippen LogP contribution in [0.3, 0.4) is 0 Å². The Hall–Kier alpha value is -3.82. The fourth-order valence-corrected chi connectivity index (χ4v) is 2.28. The molecule has 28 heavy (non-hydrogen) atoms. The maximum absolute atomic E-state index is 12.1. The highest BCUT2D eigenvalue weighted by Gasteiger charge is 2.20. The van der Waals surface area contributed by atoms with Gasteiger partial charge in [-0.2, -0.15) is 0 Å². The Kier molecular flexibility index (Phi) is 6.74. The third kappa shape index (κ3) is 4.87. The van der Waals surface area contributed by atoms with Gasteiger partial charge in [0.1, 0.15) is 0 Å². The van der Waals surface area contributed by atoms with Crippen LogP contribution >= 0.6 is 0 Å². The Bertz CT molecular complexity index is 897. The summed E-state index contributed by atoms with van der Waals surface area (Å²) in [4.78, 5) is 34.1. The minimum absolute atomic E-state index is 0.00340. The summed E-state index contributed by atoms with van der Waals surface area (Å²) in [5.74, 6) is -0.493. The van der Waals surface area contributed by atoms with Gasteiger partial charge in [0, 0.05) is 17.8 Å². The summed E-state index contributed by atoms with van der Waals surface area (Å²) in [5, 5.41) is 13.8. The number of nitrogens with one attached hydrogen (secondary N) is 1. The molecule has 1 N–H and O–H groups in total. The summed E-state index contributed by atoms with van der Waals surface area (Å²) in [6.07, 6.45) is 0. The van der Waals surface area contributed by atoms with Gasteiger partial charge in [0.05, 0.1) is 31.8 Å². The number of hydrogen-bond acceptors (Lipinski definition) is 8. The van der Waals surface area contributed by atoms with Crippen LogP contribution in [0.5, 0.6) is 17.2 Å². The van der Waals surface area contributed by atoms with E-state index in [9.17, 15) is 19.7 Å². The number of benzene rings is 2. The van der Waals surface area contributed by atoms with E-state index in [1.165, 1.54) is 26.4 Å². The summed E-state index contributed by atoms with van der Waals surface area (Å²) >= 11 is 0. The van der Waals surface area contributed by atoms with Crippen molar-refractivity contribution in [3.8, 4) is 17.2 Å². The zero-order valence-electron chi connectivity index (χ0n) is 15.4. The molecule has 10 heteroatoms. The van der Waals surface area contributed by atoms with Gasteiger partial charge >= 0.3 is 11.7 Å². The first-order valence-corrected chi connectivity index (χ1v) is 7.91. The second-order valence-electron chi connectivity index (χ2n) is 5.34. The number of methoxy groups -OCH3 is 3. The number of rotatable bonds is 8. The molecule has 0 unspecified atom stereocenters. The average molecular weight is 390 g/mol. The molecule has 0 saturated heterocycles. The van der Waals surface area contributed by atoms with Crippen molar-refractivity contribution in [1.29, 1.82) is 0 Å². The molecule has 0 spiro atoms. The zero-order valence-corrected chi connectivity index (χ0v) is 15.4. The Morgan fingerprint density at radius 2 is 1.68 bits per heavy atom. The van der Waals surface area contributed by atoms with Crippen molar-refractivity contribution in [3.05, 3.63) is 52.1 Å². The Balaban J connectivity index is 2.08. The highest BCUT2D eigenvalue weighted by molar-refractivity contribution is 5.92. The molecule has 10 nitrogen and oxygen atoms in total. The van der Waals surface area contributed by atoms with Gasteiger partial charge in [-0.25, -0.2) is 4.79 Å². The average Bonchev–Trinajstić information content (AvgIpc) is 2.71. The molecule has 2 aromatic rings. The summed E-state index contributed by atoms with van der Waals surface area (Å²) < 4.78 is 20.0. The van der Waals surface area contributed by atoms with Crippen molar-refractivity contribution in [1.82, 2.24) is 0 Å². The summed E-state index contributed by atoms with van der Waals surface area (Å²) in [7, 11) is 4.11. The molecule has 0 radical (unpaired) electrons. The molecule has 0 heterocycles. The lowest BCUT2D eigenvalue weighted by Crippen LogP contribution is -2.20. The van der Waals surface area contributed by atoms with Crippen molar-refractivity contribution in [2.75, 3.05) is 33.3 Å². The Morgan fingerprint density at radius 3 is 2.29 bits per heavy atom. The van der Waals surface area contributed by atoms with Gasteiger partial charge in [-0.3, -0.25) is 14.9 Å². The van der Waals surface area contributed by atoms with Crippen LogP contribution in [0.15, 0.2) is 36.4 Å². The Labute approximate surface area is 160 Å². The number of esters is 1. The van der Waals surface area contributed by atoms with Crippen LogP contribution in [0.4, 0.5) is 11.4 Å². The number of carbonyl (C=O) groups excluding carboxylic acids is 2. The van der Waals surface area contributed by atoms with Crippen LogP contribution in [-0.2, 0) is 9.53 Å². The second kappa shape index (κ2) is 9.21. The largest absolute Gasteiger partial charge is 0.493 e. The van der Waals surface area contributed by atoms with Gasteiger partial charge < -0.3 is 24.3 Å². The van der Waals surface area contributed by atoms with Crippen molar-refractivity contribution in [3.63, 3.8) is 0 Å². The van der Waals surface area contributed by atoms with Crippen molar-refractivity contribution in [2.24, 2.45) is 0 Å². The van der Waals surface area contributed by atoms with E-state index in [4.69, 9.17) is 14.2 Å². The number of nitro benzene ring substituents is 1. The van der Waals surface area contributed by atoms with Gasteiger partial charge in [0.25, 0.3) is 5.91 Å². The molecule has 0 aromatic heterocycles. The van der Waals surface area contributed by atoms with Crippen molar-refractivity contribution >= 4 is 23.3 Å². The summed E-state index contributed by atoms with van der Waals surface area (Å²) in [6.45, 7) is -0.479. The fourth-order valence-electron chi connectivity index (χ4n) is 2.28. The molecule has 0 fully saturated rings. The van der Waals surface area contributed by atoms with E-state index < -0.39 is 29.1 Å². The number of ether oxygens (including phenoxy) is 4. The SMILES string of the molecule is COC(=O)c1ccc(OCC(=O)Nc2ccc(OC)c(OC)c2)c([N+](=O)[O-])c1. The lowest BCUT2D eigenvalue weighted by Gasteiger charge is -2.11. The molecule has 0 aliphatic heterocycles. The smallest absolute Gasteiger partial charge is 0.338 e. The third-order valence-electron chi connectivity index (χ3n) is 3.60. The van der Waals surface area contributed by atoms with Crippen molar-refractivity contribution in [2.45, 2.75) is 0 Å². The highest BCUT2D eigenvalue weighted by Crippen LogP contribution is 2.30. The molecule has 148 valence electrons. The van der Waals surface area contributed by atoms with Crippen LogP contribution < -0.4 is 19.5 Å². The second-order valence-corrected chi connectivity index (χ2v) is 5.34. The van der Waals surface area contributed by atoms with E-state index in [0.717, 1.165) is 13.2 Å². The predicted molar refractivity (Wildman–Crippen MR) is 98.1 cm³/mol. The molecule has 2 rings (SSSR count). The number of nitrogens with zero attached hydrogens (tertiary/aromatic N) is 1. The fraction of sp³-hybridized carbons (Fsp3) is 0.222. The molecule has 1 amide bonds. The van der Waals surface area contributed by atoms with E-state index in [2.05, 4.69) is 10.1 Å². The van der Waals surface area contributed by atoms with Crippen LogP contribution in [0.2, 0.25) is 0 Å². The Morgan fingerprint density at radius 1 is 1.00 bits per heavy atom. The van der Waals surface area contributed by atoms with Gasteiger partial charge in [-0.05, 0) is 24.3 Å². The molecular weight excluding hydrogens is 372 g/mol. The molecule has 0 aliphatic carbocycles. The van der Waals surface area contributed by atoms with E-state index in [-0.39, 0.29) is 11.3 Å². The van der Waals surface area contributed by atoms with E-state index in [1.807, 2.05) is 0 Å². The van der Waals surface area contributed by atoms with E-state index in [1.54, 1.807) is 18.2 Å². The number of anilines is 1. The third-order valence-corrected chi connectivity index (χ3v) is 3.60. The first-order chi connectivity index (χ1) is 13.4. The molecular formula is C18H18N2O8. The first kappa shape index (κ1) is 20.5. The number of nitro groups is 1. The minimum Gasteiger partial charge on any atom is -0.493 e. The highest BCUT2D eigenvalue weighted by atomic mass is 16.6. The molecule has 0 aliphatic rings. The number of amides is 1. The number of carbonyl (C=O) groups is 2. The predicted octanol–water partition coefficient (Wildman–Crippen LogP) is 2.42. The summed E-state index contributed by atoms with van der Waals surface area (Å²) in [5.41, 5.74) is -0.0278. The number of hydrogen-bond donors (Lipinski definition) is 1. The zero-order chi connectivity index (χ0) is 20.7. The van der Waals surface area contributed by atoms with E-state index in [0.29, 0.717) is 17.2 Å². The van der Waals surface area contributed by atoms with Crippen LogP contribution in [0, 0.1) is 10.1 Å². The van der Waals surface area contributed by atoms with Gasteiger partial charge in [-0.1, -0.05) is 0 Å². The topological polar surface area (TPSA) is 126 Å². The van der Waals surface area contributed by atoms with Crippen LogP contribution in [0.1, 0.15) is 10.4 Å². The standard InChI is InChI=1S/C18H18N2O8/c1-25-15-7-5-12(9-16(15)26-2)19-17(21)10-28-14-6-4-11(18(22)27-3)8-13(14)20(23)24/h4-9H,10H2,1-3H3,(H,19,21). The quantitative estimate of drug-likeness (QED) is 0.414. The molecule has 0 atom stereocenters. The monoisotopic (exact) mass is 390 g/mol. The minimum atomic E-state index is -0.721.